The van der Waals surface area contributed by atoms with E-state index in [1.807, 2.05) is 6.07 Å². The molecule has 0 aliphatic carbocycles. The lowest BCUT2D eigenvalue weighted by Crippen LogP contribution is -2.27. The van der Waals surface area contributed by atoms with E-state index in [2.05, 4.69) is 32.0 Å². The van der Waals surface area contributed by atoms with Crippen LogP contribution in [0.15, 0.2) is 55.3 Å². The summed E-state index contributed by atoms with van der Waals surface area (Å²) in [6.45, 7) is 3.72. The number of phenols is 1. The van der Waals surface area contributed by atoms with Gasteiger partial charge in [-0.3, -0.25) is 9.89 Å². The van der Waals surface area contributed by atoms with Crippen molar-refractivity contribution in [3.63, 3.8) is 0 Å². The lowest BCUT2D eigenvalue weighted by Gasteiger charge is -2.14. The highest BCUT2D eigenvalue weighted by Crippen LogP contribution is 2.40. The summed E-state index contributed by atoms with van der Waals surface area (Å²) in [5.74, 6) is -0.774. The van der Waals surface area contributed by atoms with Gasteiger partial charge in [-0.15, -0.1) is 10.2 Å². The Balaban J connectivity index is 1.67. The molecule has 1 amide bonds. The molecular weight excluding hydrogens is 399 g/mol. The molecular formula is C22H19FN6O2. The number of alkyl halides is 1. The van der Waals surface area contributed by atoms with Crippen LogP contribution in [0.2, 0.25) is 0 Å². The molecule has 0 radical (unpaired) electrons. The second-order valence-electron chi connectivity index (χ2n) is 7.46. The Labute approximate surface area is 176 Å². The van der Waals surface area contributed by atoms with Gasteiger partial charge >= 0.3 is 0 Å². The molecule has 0 unspecified atom stereocenters. The lowest BCUT2D eigenvalue weighted by molar-refractivity contribution is -0.125. The molecule has 1 aliphatic heterocycles. The van der Waals surface area contributed by atoms with Crippen LogP contribution in [0.3, 0.4) is 0 Å². The molecule has 1 saturated heterocycles. The first-order valence-corrected chi connectivity index (χ1v) is 9.79. The first kappa shape index (κ1) is 19.0. The molecule has 0 saturated carbocycles. The Hall–Kier alpha value is -4.01. The number of rotatable bonds is 4. The first-order chi connectivity index (χ1) is 15.1. The smallest absolute Gasteiger partial charge is 0.246 e. The number of hydrogen-bond acceptors (Lipinski definition) is 5. The Kier molecular flexibility index (Phi) is 4.50. The number of phenolic OH excluding ortho intramolecular Hbond substituents is 1. The summed E-state index contributed by atoms with van der Waals surface area (Å²) in [6.07, 6.45) is 1.57. The van der Waals surface area contributed by atoms with Crippen molar-refractivity contribution in [3.8, 4) is 28.3 Å². The summed E-state index contributed by atoms with van der Waals surface area (Å²) in [6, 6.07) is 10.5. The summed E-state index contributed by atoms with van der Waals surface area (Å²) in [5.41, 5.74) is 3.55. The van der Waals surface area contributed by atoms with E-state index in [0.29, 0.717) is 33.7 Å². The van der Waals surface area contributed by atoms with Crippen LogP contribution in [0.1, 0.15) is 11.6 Å². The fraction of sp³-hybridized carbons (Fsp3) is 0.182. The zero-order valence-corrected chi connectivity index (χ0v) is 16.4. The number of halogens is 1. The molecule has 31 heavy (non-hydrogen) atoms. The summed E-state index contributed by atoms with van der Waals surface area (Å²) in [4.78, 5) is 16.7. The fourth-order valence-electron chi connectivity index (χ4n) is 4.14. The van der Waals surface area contributed by atoms with Gasteiger partial charge in [-0.25, -0.2) is 4.39 Å². The third kappa shape index (κ3) is 3.14. The third-order valence-corrected chi connectivity index (χ3v) is 5.64. The number of carbonyl (C=O) groups is 1. The number of aromatic amines is 2. The number of aromatic nitrogens is 5. The minimum atomic E-state index is -1.25. The third-order valence-electron chi connectivity index (χ3n) is 5.64. The Morgan fingerprint density at radius 3 is 2.84 bits per heavy atom. The largest absolute Gasteiger partial charge is 0.507 e. The van der Waals surface area contributed by atoms with E-state index in [4.69, 9.17) is 0 Å². The van der Waals surface area contributed by atoms with Gasteiger partial charge in [0.1, 0.15) is 11.9 Å². The number of fused-ring (bicyclic) bond motifs is 1. The molecule has 1 aromatic carbocycles. The van der Waals surface area contributed by atoms with Crippen molar-refractivity contribution in [1.82, 2.24) is 30.3 Å². The van der Waals surface area contributed by atoms with Crippen LogP contribution in [-0.2, 0) is 4.79 Å². The summed E-state index contributed by atoms with van der Waals surface area (Å²) in [5, 5.41) is 26.4. The molecule has 8 nitrogen and oxygen atoms in total. The monoisotopic (exact) mass is 418 g/mol. The van der Waals surface area contributed by atoms with Gasteiger partial charge in [-0.2, -0.15) is 5.10 Å². The van der Waals surface area contributed by atoms with Crippen LogP contribution in [-0.4, -0.2) is 60.6 Å². The molecule has 2 atom stereocenters. The average Bonchev–Trinajstić information content (AvgIpc) is 3.50. The van der Waals surface area contributed by atoms with E-state index in [1.54, 1.807) is 36.5 Å². The number of hydrogen-bond donors (Lipinski definition) is 3. The van der Waals surface area contributed by atoms with E-state index >= 15 is 4.39 Å². The van der Waals surface area contributed by atoms with Crippen LogP contribution < -0.4 is 0 Å². The van der Waals surface area contributed by atoms with Crippen molar-refractivity contribution in [2.24, 2.45) is 0 Å². The maximum Gasteiger partial charge on any atom is 0.246 e. The number of H-pyrrole nitrogens is 2. The Bertz CT molecular complexity index is 1280. The molecule has 0 bridgehead atoms. The van der Waals surface area contributed by atoms with E-state index in [0.717, 1.165) is 5.56 Å². The standard InChI is InChI=1S/C22H19FN6O2/c1-2-19(31)29-10-14(15(23)11-29)21-20(16-7-8-24-26-16)13-9-17(27-28-22(13)25-21)12-5-3-4-6-18(12)30/h2-9,14-15,30H,1,10-11H2,(H,24,26)(H,25,28)/t14-,15-/m0/s1. The number of carbonyl (C=O) groups excluding carboxylic acids is 1. The van der Waals surface area contributed by atoms with Gasteiger partial charge in [0.2, 0.25) is 5.91 Å². The molecule has 4 heterocycles. The molecule has 9 heteroatoms. The van der Waals surface area contributed by atoms with Gasteiger partial charge in [-0.1, -0.05) is 18.7 Å². The highest BCUT2D eigenvalue weighted by atomic mass is 19.1. The van der Waals surface area contributed by atoms with Gasteiger partial charge in [-0.05, 0) is 30.3 Å². The van der Waals surface area contributed by atoms with E-state index in [9.17, 15) is 9.90 Å². The van der Waals surface area contributed by atoms with Crippen LogP contribution >= 0.6 is 0 Å². The second kappa shape index (κ2) is 7.35. The molecule has 3 N–H and O–H groups in total. The Morgan fingerprint density at radius 1 is 1.26 bits per heavy atom. The zero-order valence-electron chi connectivity index (χ0n) is 16.4. The van der Waals surface area contributed by atoms with Crippen molar-refractivity contribution < 1.29 is 14.3 Å². The van der Waals surface area contributed by atoms with Crippen molar-refractivity contribution in [2.45, 2.75) is 12.1 Å². The van der Waals surface area contributed by atoms with Crippen LogP contribution in [0, 0.1) is 0 Å². The van der Waals surface area contributed by atoms with Gasteiger partial charge in [0.15, 0.2) is 5.65 Å². The average molecular weight is 418 g/mol. The van der Waals surface area contributed by atoms with Crippen LogP contribution in [0.4, 0.5) is 4.39 Å². The number of nitrogens with zero attached hydrogens (tertiary/aromatic N) is 4. The molecule has 4 aromatic rings. The Morgan fingerprint density at radius 2 is 2.10 bits per heavy atom. The normalized spacial score (nSPS) is 18.5. The SMILES string of the molecule is C=CC(=O)N1C[C@H](c2[nH]c3nnc(-c4ccccc4O)cc3c2-c2ccn[nH]2)[C@@H](F)C1. The van der Waals surface area contributed by atoms with Gasteiger partial charge in [0, 0.05) is 34.9 Å². The number of benzene rings is 1. The number of para-hydroxylation sites is 1. The molecule has 1 fully saturated rings. The maximum absolute atomic E-state index is 15.0. The number of aromatic hydroxyl groups is 1. The fourth-order valence-corrected chi connectivity index (χ4v) is 4.14. The van der Waals surface area contributed by atoms with Crippen molar-refractivity contribution >= 4 is 16.9 Å². The summed E-state index contributed by atoms with van der Waals surface area (Å²) < 4.78 is 15.0. The van der Waals surface area contributed by atoms with Crippen molar-refractivity contribution in [2.75, 3.05) is 13.1 Å². The van der Waals surface area contributed by atoms with Gasteiger partial charge in [0.25, 0.3) is 0 Å². The predicted molar refractivity (Wildman–Crippen MR) is 113 cm³/mol. The number of amides is 1. The quantitative estimate of drug-likeness (QED) is 0.441. The molecule has 5 rings (SSSR count). The molecule has 0 spiro atoms. The summed E-state index contributed by atoms with van der Waals surface area (Å²) >= 11 is 0. The topological polar surface area (TPSA) is 111 Å². The van der Waals surface area contributed by atoms with Crippen LogP contribution in [0.5, 0.6) is 5.75 Å². The maximum atomic E-state index is 15.0. The first-order valence-electron chi connectivity index (χ1n) is 9.79. The number of nitrogens with one attached hydrogen (secondary N) is 2. The minimum absolute atomic E-state index is 0.00210. The zero-order chi connectivity index (χ0) is 21.5. The van der Waals surface area contributed by atoms with Crippen molar-refractivity contribution in [1.29, 1.82) is 0 Å². The van der Waals surface area contributed by atoms with Crippen molar-refractivity contribution in [3.05, 3.63) is 60.9 Å². The highest BCUT2D eigenvalue weighted by Gasteiger charge is 2.38. The van der Waals surface area contributed by atoms with Gasteiger partial charge < -0.3 is 15.0 Å². The highest BCUT2D eigenvalue weighted by molar-refractivity contribution is 5.97. The molecule has 3 aromatic heterocycles. The molecule has 1 aliphatic rings. The van der Waals surface area contributed by atoms with E-state index in [-0.39, 0.29) is 24.7 Å². The second-order valence-corrected chi connectivity index (χ2v) is 7.46. The lowest BCUT2D eigenvalue weighted by atomic mass is 9.96. The predicted octanol–water partition coefficient (Wildman–Crippen LogP) is 3.17. The van der Waals surface area contributed by atoms with Crippen LogP contribution in [0.25, 0.3) is 33.5 Å². The molecule has 156 valence electrons. The number of likely N-dealkylation sites (tertiary alicyclic amines) is 1. The summed E-state index contributed by atoms with van der Waals surface area (Å²) in [7, 11) is 0. The van der Waals surface area contributed by atoms with E-state index in [1.165, 1.54) is 11.0 Å². The minimum Gasteiger partial charge on any atom is -0.507 e. The van der Waals surface area contributed by atoms with E-state index < -0.39 is 12.1 Å². The van der Waals surface area contributed by atoms with Gasteiger partial charge in [0.05, 0.1) is 23.9 Å².